The standard InChI is InChI=1S/C22H26N6O5/c1-25-10-12-26(13-11-25)21-16(4-2-8-23-21)15-24-20(29)5-3-9-27-18-7-6-17(28(31)32)14-19(18)33-22(27)30/h2,4,6-8,14H,3,5,9-13,15H2,1H3,(H,24,29). The number of non-ortho nitro benzene ring substituents is 1. The van der Waals surface area contributed by atoms with E-state index in [1.807, 2.05) is 12.1 Å². The van der Waals surface area contributed by atoms with Crippen molar-refractivity contribution < 1.29 is 14.1 Å². The number of aryl methyl sites for hydroxylation is 1. The Bertz CT molecular complexity index is 1210. The van der Waals surface area contributed by atoms with E-state index in [2.05, 4.69) is 27.1 Å². The lowest BCUT2D eigenvalue weighted by atomic mass is 10.2. The van der Waals surface area contributed by atoms with Crippen LogP contribution in [0.5, 0.6) is 0 Å². The van der Waals surface area contributed by atoms with Crippen LogP contribution in [0.15, 0.2) is 45.7 Å². The Morgan fingerprint density at radius 2 is 2.03 bits per heavy atom. The summed E-state index contributed by atoms with van der Waals surface area (Å²) in [7, 11) is 2.10. The number of anilines is 1. The maximum absolute atomic E-state index is 12.4. The van der Waals surface area contributed by atoms with Gasteiger partial charge in [-0.3, -0.25) is 19.5 Å². The molecule has 1 amide bonds. The van der Waals surface area contributed by atoms with Gasteiger partial charge in [-0.15, -0.1) is 0 Å². The molecule has 174 valence electrons. The molecule has 1 aliphatic heterocycles. The summed E-state index contributed by atoms with van der Waals surface area (Å²) >= 11 is 0. The topological polar surface area (TPSA) is 127 Å². The van der Waals surface area contributed by atoms with Gasteiger partial charge >= 0.3 is 5.76 Å². The van der Waals surface area contributed by atoms with Gasteiger partial charge in [-0.1, -0.05) is 6.07 Å². The molecule has 0 saturated carbocycles. The van der Waals surface area contributed by atoms with E-state index in [4.69, 9.17) is 4.42 Å². The zero-order valence-electron chi connectivity index (χ0n) is 18.4. The zero-order valence-corrected chi connectivity index (χ0v) is 18.4. The van der Waals surface area contributed by atoms with Gasteiger partial charge in [0.15, 0.2) is 5.58 Å². The van der Waals surface area contributed by atoms with E-state index in [1.54, 1.807) is 6.20 Å². The zero-order chi connectivity index (χ0) is 23.4. The van der Waals surface area contributed by atoms with Crippen molar-refractivity contribution in [3.63, 3.8) is 0 Å². The van der Waals surface area contributed by atoms with Crippen molar-refractivity contribution >= 4 is 28.5 Å². The Kier molecular flexibility index (Phi) is 6.68. The smallest absolute Gasteiger partial charge is 0.407 e. The van der Waals surface area contributed by atoms with E-state index in [9.17, 15) is 19.7 Å². The van der Waals surface area contributed by atoms with Gasteiger partial charge in [-0.05, 0) is 25.6 Å². The average molecular weight is 454 g/mol. The van der Waals surface area contributed by atoms with Gasteiger partial charge in [0.25, 0.3) is 5.69 Å². The van der Waals surface area contributed by atoms with Gasteiger partial charge in [-0.2, -0.15) is 0 Å². The molecule has 0 bridgehead atoms. The first-order chi connectivity index (χ1) is 15.9. The molecule has 1 aliphatic rings. The number of nitro groups is 1. The predicted octanol–water partition coefficient (Wildman–Crippen LogP) is 1.75. The summed E-state index contributed by atoms with van der Waals surface area (Å²) in [6.45, 7) is 4.38. The summed E-state index contributed by atoms with van der Waals surface area (Å²) in [6.07, 6.45) is 2.42. The molecule has 2 aromatic heterocycles. The molecule has 1 saturated heterocycles. The van der Waals surface area contributed by atoms with Gasteiger partial charge in [0, 0.05) is 63.5 Å². The Morgan fingerprint density at radius 1 is 1.24 bits per heavy atom. The van der Waals surface area contributed by atoms with E-state index in [0.29, 0.717) is 18.5 Å². The first kappa shape index (κ1) is 22.5. The molecule has 0 atom stereocenters. The number of amides is 1. The number of nitrogens with one attached hydrogen (secondary N) is 1. The van der Waals surface area contributed by atoms with Crippen molar-refractivity contribution in [2.24, 2.45) is 0 Å². The predicted molar refractivity (Wildman–Crippen MR) is 122 cm³/mol. The number of benzene rings is 1. The monoisotopic (exact) mass is 454 g/mol. The summed E-state index contributed by atoms with van der Waals surface area (Å²) in [5, 5.41) is 13.8. The van der Waals surface area contributed by atoms with E-state index in [1.165, 1.54) is 22.8 Å². The van der Waals surface area contributed by atoms with Crippen LogP contribution in [0.2, 0.25) is 0 Å². The number of piperazine rings is 1. The first-order valence-electron chi connectivity index (χ1n) is 10.8. The molecule has 0 spiro atoms. The molecule has 3 heterocycles. The van der Waals surface area contributed by atoms with Crippen LogP contribution in [0.25, 0.3) is 11.1 Å². The van der Waals surface area contributed by atoms with E-state index in [-0.39, 0.29) is 30.1 Å². The maximum Gasteiger partial charge on any atom is 0.419 e. The second kappa shape index (κ2) is 9.82. The second-order valence-electron chi connectivity index (χ2n) is 8.09. The molecular weight excluding hydrogens is 428 g/mol. The summed E-state index contributed by atoms with van der Waals surface area (Å²) in [6, 6.07) is 7.87. The van der Waals surface area contributed by atoms with Gasteiger partial charge in [0.2, 0.25) is 5.91 Å². The van der Waals surface area contributed by atoms with Crippen LogP contribution in [0, 0.1) is 10.1 Å². The molecule has 0 aliphatic carbocycles. The van der Waals surface area contributed by atoms with Crippen LogP contribution in [0.4, 0.5) is 11.5 Å². The van der Waals surface area contributed by atoms with Crippen LogP contribution in [-0.2, 0) is 17.9 Å². The number of nitro benzene ring substituents is 1. The van der Waals surface area contributed by atoms with E-state index >= 15 is 0 Å². The highest BCUT2D eigenvalue weighted by Gasteiger charge is 2.18. The Labute approximate surface area is 189 Å². The molecule has 33 heavy (non-hydrogen) atoms. The number of pyridine rings is 1. The Hall–Kier alpha value is -3.73. The minimum absolute atomic E-state index is 0.125. The van der Waals surface area contributed by atoms with Crippen LogP contribution in [0.3, 0.4) is 0 Å². The number of fused-ring (bicyclic) bond motifs is 1. The normalized spacial score (nSPS) is 14.5. The maximum atomic E-state index is 12.4. The Morgan fingerprint density at radius 3 is 2.79 bits per heavy atom. The molecular formula is C22H26N6O5. The quantitative estimate of drug-likeness (QED) is 0.403. The molecule has 0 radical (unpaired) electrons. The highest BCUT2D eigenvalue weighted by atomic mass is 16.6. The molecule has 1 N–H and O–H groups in total. The first-order valence-corrected chi connectivity index (χ1v) is 10.8. The highest BCUT2D eigenvalue weighted by Crippen LogP contribution is 2.21. The van der Waals surface area contributed by atoms with E-state index < -0.39 is 10.7 Å². The SMILES string of the molecule is CN1CCN(c2ncccc2CNC(=O)CCCn2c(=O)oc3cc([N+](=O)[O-])ccc32)CC1. The van der Waals surface area contributed by atoms with Crippen LogP contribution in [0.1, 0.15) is 18.4 Å². The van der Waals surface area contributed by atoms with Crippen molar-refractivity contribution in [2.45, 2.75) is 25.9 Å². The number of rotatable bonds is 8. The van der Waals surface area contributed by atoms with Gasteiger partial charge in [-0.25, -0.2) is 9.78 Å². The fourth-order valence-electron chi connectivity index (χ4n) is 3.93. The van der Waals surface area contributed by atoms with Gasteiger partial charge in [0.1, 0.15) is 5.82 Å². The lowest BCUT2D eigenvalue weighted by molar-refractivity contribution is -0.384. The van der Waals surface area contributed by atoms with Gasteiger partial charge in [0.05, 0.1) is 16.5 Å². The molecule has 11 nitrogen and oxygen atoms in total. The Balaban J connectivity index is 1.32. The largest absolute Gasteiger partial charge is 0.419 e. The molecule has 11 heteroatoms. The summed E-state index contributed by atoms with van der Waals surface area (Å²) in [4.78, 5) is 43.9. The number of aromatic nitrogens is 2. The number of likely N-dealkylation sites (N-methyl/N-ethyl adjacent to an activating group) is 1. The number of hydrogen-bond acceptors (Lipinski definition) is 8. The number of carbonyl (C=O) groups excluding carboxylic acids is 1. The molecule has 1 aromatic carbocycles. The third-order valence-electron chi connectivity index (χ3n) is 5.79. The van der Waals surface area contributed by atoms with Crippen molar-refractivity contribution in [1.82, 2.24) is 19.8 Å². The summed E-state index contributed by atoms with van der Waals surface area (Å²) < 4.78 is 6.51. The molecule has 0 unspecified atom stereocenters. The number of hydrogen-bond donors (Lipinski definition) is 1. The molecule has 3 aromatic rings. The number of oxazole rings is 1. The number of carbonyl (C=O) groups is 1. The summed E-state index contributed by atoms with van der Waals surface area (Å²) in [5.74, 6) is 0.175. The molecule has 1 fully saturated rings. The van der Waals surface area contributed by atoms with Crippen molar-refractivity contribution in [3.05, 3.63) is 62.8 Å². The minimum atomic E-state index is -0.599. The van der Waals surface area contributed by atoms with Crippen molar-refractivity contribution in [3.8, 4) is 0 Å². The fourth-order valence-corrected chi connectivity index (χ4v) is 3.93. The lowest BCUT2D eigenvalue weighted by Gasteiger charge is -2.34. The van der Waals surface area contributed by atoms with Crippen LogP contribution in [-0.4, -0.2) is 58.5 Å². The lowest BCUT2D eigenvalue weighted by Crippen LogP contribution is -2.45. The highest BCUT2D eigenvalue weighted by molar-refractivity contribution is 5.77. The molecule has 4 rings (SSSR count). The van der Waals surface area contributed by atoms with Gasteiger partial charge < -0.3 is 19.5 Å². The third-order valence-corrected chi connectivity index (χ3v) is 5.79. The third kappa shape index (κ3) is 5.20. The number of nitrogens with zero attached hydrogens (tertiary/aromatic N) is 5. The van der Waals surface area contributed by atoms with E-state index in [0.717, 1.165) is 37.6 Å². The van der Waals surface area contributed by atoms with Crippen LogP contribution >= 0.6 is 0 Å². The minimum Gasteiger partial charge on any atom is -0.407 e. The van der Waals surface area contributed by atoms with Crippen LogP contribution < -0.4 is 16.0 Å². The average Bonchev–Trinajstić information content (AvgIpc) is 3.12. The fraction of sp³-hybridized carbons (Fsp3) is 0.409. The second-order valence-corrected chi connectivity index (χ2v) is 8.09. The van der Waals surface area contributed by atoms with Crippen molar-refractivity contribution in [1.29, 1.82) is 0 Å². The summed E-state index contributed by atoms with van der Waals surface area (Å²) in [5.41, 5.74) is 1.45. The van der Waals surface area contributed by atoms with Crippen molar-refractivity contribution in [2.75, 3.05) is 38.1 Å².